The highest BCUT2D eigenvalue weighted by Gasteiger charge is 2.19. The summed E-state index contributed by atoms with van der Waals surface area (Å²) in [7, 11) is 0. The fraction of sp³-hybridized carbons (Fsp3) is 0.803. The van der Waals surface area contributed by atoms with Crippen molar-refractivity contribution in [3.8, 4) is 0 Å². The molecule has 6 heteroatoms. The summed E-state index contributed by atoms with van der Waals surface area (Å²) in [5, 5.41) is 0. The molecule has 0 rings (SSSR count). The van der Waals surface area contributed by atoms with Crippen molar-refractivity contribution in [3.05, 3.63) is 72.9 Å². The van der Waals surface area contributed by atoms with Gasteiger partial charge in [0.25, 0.3) is 0 Å². The van der Waals surface area contributed by atoms with Gasteiger partial charge < -0.3 is 14.2 Å². The van der Waals surface area contributed by atoms with Crippen LogP contribution in [0.4, 0.5) is 0 Å². The monoisotopic (exact) mass is 1150 g/mol. The molecular weight excluding hydrogens is 1010 g/mol. The molecule has 0 heterocycles. The SMILES string of the molecule is CC/C=C\C/C=C\C/C=C\C/C=C\CCCCC(=O)OCC(COC(=O)CCCCCCCCCCCCCCCCCCCCCCCCCCCCCCCC)OC(=O)CCCCCCCCCCC/C=C\C/C=C\CCCCC. The molecule has 0 aromatic rings. The number of rotatable bonds is 66. The maximum atomic E-state index is 12.9. The summed E-state index contributed by atoms with van der Waals surface area (Å²) in [5.74, 6) is -0.915. The predicted octanol–water partition coefficient (Wildman–Crippen LogP) is 24.8. The molecule has 0 amide bonds. The number of hydrogen-bond acceptors (Lipinski definition) is 6. The Balaban J connectivity index is 4.23. The summed E-state index contributed by atoms with van der Waals surface area (Å²) in [6.45, 7) is 6.52. The van der Waals surface area contributed by atoms with Crippen molar-refractivity contribution in [1.82, 2.24) is 0 Å². The molecule has 0 saturated heterocycles. The number of carbonyl (C=O) groups excluding carboxylic acids is 3. The van der Waals surface area contributed by atoms with Gasteiger partial charge in [0.05, 0.1) is 0 Å². The van der Waals surface area contributed by atoms with Gasteiger partial charge in [-0.05, 0) is 89.9 Å². The van der Waals surface area contributed by atoms with Gasteiger partial charge in [0.1, 0.15) is 13.2 Å². The summed E-state index contributed by atoms with van der Waals surface area (Å²) < 4.78 is 16.9. The molecule has 0 aliphatic carbocycles. The first kappa shape index (κ1) is 78.8. The Morgan fingerprint density at radius 2 is 0.476 bits per heavy atom. The van der Waals surface area contributed by atoms with Crippen LogP contribution in [0.15, 0.2) is 72.9 Å². The second-order valence-electron chi connectivity index (χ2n) is 24.1. The highest BCUT2D eigenvalue weighted by Crippen LogP contribution is 2.18. The Hall–Kier alpha value is -3.15. The van der Waals surface area contributed by atoms with Crippen LogP contribution in [0.25, 0.3) is 0 Å². The minimum atomic E-state index is -0.796. The number of esters is 3. The molecule has 0 spiro atoms. The van der Waals surface area contributed by atoms with Crippen LogP contribution in [0, 0.1) is 0 Å². The Bertz CT molecular complexity index is 1500. The summed E-state index contributed by atoms with van der Waals surface area (Å²) in [6.07, 6.45) is 92.4. The lowest BCUT2D eigenvalue weighted by molar-refractivity contribution is -0.167. The van der Waals surface area contributed by atoms with Crippen LogP contribution in [0.3, 0.4) is 0 Å². The van der Waals surface area contributed by atoms with Gasteiger partial charge in [-0.1, -0.05) is 338 Å². The minimum Gasteiger partial charge on any atom is -0.462 e. The molecular formula is C76H136O6. The maximum Gasteiger partial charge on any atom is 0.306 e. The molecule has 0 bridgehead atoms. The van der Waals surface area contributed by atoms with Crippen molar-refractivity contribution in [3.63, 3.8) is 0 Å². The average molecular weight is 1150 g/mol. The fourth-order valence-electron chi connectivity index (χ4n) is 10.6. The van der Waals surface area contributed by atoms with Crippen molar-refractivity contribution < 1.29 is 28.6 Å². The second-order valence-corrected chi connectivity index (χ2v) is 24.1. The van der Waals surface area contributed by atoms with Crippen molar-refractivity contribution in [2.24, 2.45) is 0 Å². The van der Waals surface area contributed by atoms with Crippen molar-refractivity contribution in [2.75, 3.05) is 13.2 Å². The van der Waals surface area contributed by atoms with E-state index < -0.39 is 6.10 Å². The molecule has 6 nitrogen and oxygen atoms in total. The molecule has 0 aromatic heterocycles. The Morgan fingerprint density at radius 1 is 0.256 bits per heavy atom. The third-order valence-corrected chi connectivity index (χ3v) is 15.9. The van der Waals surface area contributed by atoms with Gasteiger partial charge in [-0.2, -0.15) is 0 Å². The van der Waals surface area contributed by atoms with Gasteiger partial charge >= 0.3 is 17.9 Å². The highest BCUT2D eigenvalue weighted by molar-refractivity contribution is 5.71. The Morgan fingerprint density at radius 3 is 0.793 bits per heavy atom. The first-order valence-electron chi connectivity index (χ1n) is 35.9. The van der Waals surface area contributed by atoms with E-state index in [9.17, 15) is 14.4 Å². The number of allylic oxidation sites excluding steroid dienone is 12. The molecule has 0 aliphatic rings. The molecule has 0 N–H and O–H groups in total. The maximum absolute atomic E-state index is 12.9. The van der Waals surface area contributed by atoms with E-state index in [4.69, 9.17) is 14.2 Å². The lowest BCUT2D eigenvalue weighted by Gasteiger charge is -2.18. The molecule has 0 radical (unpaired) electrons. The van der Waals surface area contributed by atoms with Gasteiger partial charge in [-0.15, -0.1) is 0 Å². The van der Waals surface area contributed by atoms with Crippen molar-refractivity contribution >= 4 is 17.9 Å². The molecule has 0 saturated carbocycles. The molecule has 0 aromatic carbocycles. The topological polar surface area (TPSA) is 78.9 Å². The third-order valence-electron chi connectivity index (χ3n) is 15.9. The van der Waals surface area contributed by atoms with Crippen LogP contribution in [-0.4, -0.2) is 37.2 Å². The zero-order valence-corrected chi connectivity index (χ0v) is 54.8. The molecule has 476 valence electrons. The van der Waals surface area contributed by atoms with Gasteiger partial charge in [0, 0.05) is 19.3 Å². The van der Waals surface area contributed by atoms with Crippen LogP contribution in [-0.2, 0) is 28.6 Å². The fourth-order valence-corrected chi connectivity index (χ4v) is 10.6. The van der Waals surface area contributed by atoms with Crippen molar-refractivity contribution in [1.29, 1.82) is 0 Å². The van der Waals surface area contributed by atoms with Crippen LogP contribution in [0.5, 0.6) is 0 Å². The summed E-state index contributed by atoms with van der Waals surface area (Å²) in [6, 6.07) is 0. The van der Waals surface area contributed by atoms with Crippen molar-refractivity contribution in [2.45, 2.75) is 380 Å². The van der Waals surface area contributed by atoms with Crippen LogP contribution >= 0.6 is 0 Å². The quantitative estimate of drug-likeness (QED) is 0.0261. The minimum absolute atomic E-state index is 0.0872. The van der Waals surface area contributed by atoms with E-state index in [1.165, 1.54) is 244 Å². The summed E-state index contributed by atoms with van der Waals surface area (Å²) in [4.78, 5) is 38.4. The largest absolute Gasteiger partial charge is 0.462 e. The number of ether oxygens (including phenoxy) is 3. The Kier molecular flexibility index (Phi) is 67.6. The van der Waals surface area contributed by atoms with E-state index in [2.05, 4.69) is 93.7 Å². The van der Waals surface area contributed by atoms with E-state index in [-0.39, 0.29) is 31.1 Å². The molecule has 0 fully saturated rings. The molecule has 0 aliphatic heterocycles. The first-order valence-corrected chi connectivity index (χ1v) is 35.9. The number of hydrogen-bond donors (Lipinski definition) is 0. The zero-order chi connectivity index (χ0) is 59.2. The van der Waals surface area contributed by atoms with E-state index >= 15 is 0 Å². The molecule has 1 unspecified atom stereocenters. The normalized spacial score (nSPS) is 12.5. The predicted molar refractivity (Wildman–Crippen MR) is 358 cm³/mol. The standard InChI is InChI=1S/C76H136O6/c1-4-7-10-13-16-19-22-25-28-30-32-33-34-35-36-37-38-39-40-41-42-44-45-48-51-54-57-60-63-66-69-75(78)81-72-73(71-80-74(77)68-65-62-59-56-53-50-47-27-24-21-18-15-12-9-6-3)82-76(79)70-67-64-61-58-55-52-49-46-43-31-29-26-23-20-17-14-11-8-5-2/h9,12,17-18,20-21,26-27,29,47,53,56,73H,4-8,10-11,13-16,19,22-25,28,30-46,48-52,54-55,57-72H2,1-3H3/b12-9-,20-17-,21-18-,29-26-,47-27-,56-53-. The van der Waals surface area contributed by atoms with E-state index in [0.29, 0.717) is 19.3 Å². The van der Waals surface area contributed by atoms with E-state index in [0.717, 1.165) is 89.9 Å². The van der Waals surface area contributed by atoms with E-state index in [1.54, 1.807) is 0 Å². The lowest BCUT2D eigenvalue weighted by Crippen LogP contribution is -2.30. The first-order chi connectivity index (χ1) is 40.5. The molecule has 1 atom stereocenters. The van der Waals surface area contributed by atoms with Gasteiger partial charge in [0.2, 0.25) is 0 Å². The van der Waals surface area contributed by atoms with Crippen LogP contribution < -0.4 is 0 Å². The van der Waals surface area contributed by atoms with Gasteiger partial charge in [0.15, 0.2) is 6.10 Å². The Labute approximate surface area is 510 Å². The molecule has 82 heavy (non-hydrogen) atoms. The zero-order valence-electron chi connectivity index (χ0n) is 54.8. The van der Waals surface area contributed by atoms with E-state index in [1.807, 2.05) is 0 Å². The number of unbranched alkanes of at least 4 members (excludes halogenated alkanes) is 43. The highest BCUT2D eigenvalue weighted by atomic mass is 16.6. The second kappa shape index (κ2) is 70.3. The third kappa shape index (κ3) is 67.6. The van der Waals surface area contributed by atoms with Gasteiger partial charge in [-0.3, -0.25) is 14.4 Å². The summed E-state index contributed by atoms with van der Waals surface area (Å²) in [5.41, 5.74) is 0. The number of carbonyl (C=O) groups is 3. The van der Waals surface area contributed by atoms with Gasteiger partial charge in [-0.25, -0.2) is 0 Å². The smallest absolute Gasteiger partial charge is 0.306 e. The van der Waals surface area contributed by atoms with Crippen LogP contribution in [0.1, 0.15) is 374 Å². The lowest BCUT2D eigenvalue weighted by atomic mass is 10.0. The van der Waals surface area contributed by atoms with Crippen LogP contribution in [0.2, 0.25) is 0 Å². The summed E-state index contributed by atoms with van der Waals surface area (Å²) >= 11 is 0. The average Bonchev–Trinajstić information content (AvgIpc) is 3.47.